The fourth-order valence-electron chi connectivity index (χ4n) is 1.85. The highest BCUT2D eigenvalue weighted by Gasteiger charge is 2.35. The molecule has 4 heteroatoms. The molecule has 0 radical (unpaired) electrons. The monoisotopic (exact) mass is 195 g/mol. The van der Waals surface area contributed by atoms with Crippen molar-refractivity contribution in [1.29, 1.82) is 0 Å². The van der Waals surface area contributed by atoms with E-state index in [1.165, 1.54) is 0 Å². The summed E-state index contributed by atoms with van der Waals surface area (Å²) in [4.78, 5) is 0. The summed E-state index contributed by atoms with van der Waals surface area (Å²) in [6, 6.07) is 2.42. The Bertz CT molecular complexity index is 282. The molecule has 78 valence electrons. The van der Waals surface area contributed by atoms with Crippen LogP contribution in [0.4, 0.5) is 0 Å². The number of aromatic amines is 1. The van der Waals surface area contributed by atoms with Crippen molar-refractivity contribution < 1.29 is 4.74 Å². The topological polar surface area (TPSA) is 49.9 Å². The number of ether oxygens (including phenoxy) is 1. The Morgan fingerprint density at radius 2 is 2.57 bits per heavy atom. The van der Waals surface area contributed by atoms with Crippen molar-refractivity contribution in [2.24, 2.45) is 0 Å². The van der Waals surface area contributed by atoms with Crippen LogP contribution in [0.2, 0.25) is 0 Å². The lowest BCUT2D eigenvalue weighted by molar-refractivity contribution is 0.0213. The molecule has 2 N–H and O–H groups in total. The SMILES string of the molecule is CC1(C)OCCC1NCc1ccn[nH]1. The van der Waals surface area contributed by atoms with Gasteiger partial charge in [0.25, 0.3) is 0 Å². The van der Waals surface area contributed by atoms with E-state index < -0.39 is 0 Å². The van der Waals surface area contributed by atoms with Gasteiger partial charge in [0.15, 0.2) is 0 Å². The molecule has 1 aliphatic heterocycles. The molecular formula is C10H17N3O. The summed E-state index contributed by atoms with van der Waals surface area (Å²) >= 11 is 0. The van der Waals surface area contributed by atoms with E-state index in [1.807, 2.05) is 6.07 Å². The highest BCUT2D eigenvalue weighted by Crippen LogP contribution is 2.24. The van der Waals surface area contributed by atoms with Crippen molar-refractivity contribution in [1.82, 2.24) is 15.5 Å². The third-order valence-electron chi connectivity index (χ3n) is 2.82. The molecule has 1 saturated heterocycles. The third kappa shape index (κ3) is 1.96. The first kappa shape index (κ1) is 9.68. The van der Waals surface area contributed by atoms with Crippen molar-refractivity contribution in [2.45, 2.75) is 38.5 Å². The maximum atomic E-state index is 5.63. The molecule has 1 aliphatic rings. The van der Waals surface area contributed by atoms with Gasteiger partial charge in [-0.2, -0.15) is 5.10 Å². The molecule has 0 aliphatic carbocycles. The molecular weight excluding hydrogens is 178 g/mol. The van der Waals surface area contributed by atoms with Crippen LogP contribution in [0.5, 0.6) is 0 Å². The van der Waals surface area contributed by atoms with Crippen LogP contribution in [0.15, 0.2) is 12.3 Å². The summed E-state index contributed by atoms with van der Waals surface area (Å²) in [7, 11) is 0. The summed E-state index contributed by atoms with van der Waals surface area (Å²) in [5.41, 5.74) is 1.08. The maximum Gasteiger partial charge on any atom is 0.0779 e. The van der Waals surface area contributed by atoms with Gasteiger partial charge in [0.05, 0.1) is 5.60 Å². The summed E-state index contributed by atoms with van der Waals surface area (Å²) in [5.74, 6) is 0. The smallest absolute Gasteiger partial charge is 0.0779 e. The predicted octanol–water partition coefficient (Wildman–Crippen LogP) is 1.07. The standard InChI is InChI=1S/C10H17N3O/c1-10(2)9(4-6-14-10)11-7-8-3-5-12-13-8/h3,5,9,11H,4,6-7H2,1-2H3,(H,12,13). The van der Waals surface area contributed by atoms with Crippen molar-refractivity contribution in [3.8, 4) is 0 Å². The fourth-order valence-corrected chi connectivity index (χ4v) is 1.85. The zero-order chi connectivity index (χ0) is 10.0. The van der Waals surface area contributed by atoms with Gasteiger partial charge in [0.1, 0.15) is 0 Å². The van der Waals surface area contributed by atoms with Crippen LogP contribution in [0.25, 0.3) is 0 Å². The summed E-state index contributed by atoms with van der Waals surface area (Å²) in [5, 5.41) is 10.3. The van der Waals surface area contributed by atoms with Gasteiger partial charge in [0, 0.05) is 31.1 Å². The van der Waals surface area contributed by atoms with E-state index in [2.05, 4.69) is 29.4 Å². The Labute approximate surface area is 84.0 Å². The Hall–Kier alpha value is -0.870. The van der Waals surface area contributed by atoms with E-state index in [9.17, 15) is 0 Å². The number of hydrogen-bond donors (Lipinski definition) is 2. The maximum absolute atomic E-state index is 5.63. The van der Waals surface area contributed by atoms with Crippen LogP contribution in [-0.2, 0) is 11.3 Å². The van der Waals surface area contributed by atoms with E-state index in [0.717, 1.165) is 25.3 Å². The predicted molar refractivity (Wildman–Crippen MR) is 53.9 cm³/mol. The van der Waals surface area contributed by atoms with Gasteiger partial charge in [-0.25, -0.2) is 0 Å². The number of H-pyrrole nitrogens is 1. The minimum absolute atomic E-state index is 0.0416. The third-order valence-corrected chi connectivity index (χ3v) is 2.82. The highest BCUT2D eigenvalue weighted by atomic mass is 16.5. The van der Waals surface area contributed by atoms with Crippen LogP contribution in [0.1, 0.15) is 26.0 Å². The van der Waals surface area contributed by atoms with Crippen molar-refractivity contribution in [2.75, 3.05) is 6.61 Å². The Kier molecular flexibility index (Phi) is 2.56. The summed E-state index contributed by atoms with van der Waals surface area (Å²) < 4.78 is 5.63. The highest BCUT2D eigenvalue weighted by molar-refractivity contribution is 4.99. The lowest BCUT2D eigenvalue weighted by Gasteiger charge is -2.26. The van der Waals surface area contributed by atoms with Gasteiger partial charge < -0.3 is 10.1 Å². The number of nitrogens with one attached hydrogen (secondary N) is 2. The fraction of sp³-hybridized carbons (Fsp3) is 0.700. The minimum atomic E-state index is -0.0416. The molecule has 14 heavy (non-hydrogen) atoms. The second-order valence-electron chi connectivity index (χ2n) is 4.26. The second-order valence-corrected chi connectivity index (χ2v) is 4.26. The van der Waals surface area contributed by atoms with Crippen LogP contribution >= 0.6 is 0 Å². The molecule has 0 saturated carbocycles. The van der Waals surface area contributed by atoms with Gasteiger partial charge in [-0.15, -0.1) is 0 Å². The average molecular weight is 195 g/mol. The molecule has 2 rings (SSSR count). The molecule has 1 atom stereocenters. The van der Waals surface area contributed by atoms with Gasteiger partial charge in [-0.1, -0.05) is 0 Å². The summed E-state index contributed by atoms with van der Waals surface area (Å²) in [6.07, 6.45) is 2.86. The largest absolute Gasteiger partial charge is 0.374 e. The zero-order valence-electron chi connectivity index (χ0n) is 8.71. The van der Waals surface area contributed by atoms with Crippen molar-refractivity contribution in [3.05, 3.63) is 18.0 Å². The van der Waals surface area contributed by atoms with Crippen LogP contribution in [-0.4, -0.2) is 28.4 Å². The van der Waals surface area contributed by atoms with Crippen LogP contribution in [0, 0.1) is 0 Å². The second kappa shape index (κ2) is 3.71. The average Bonchev–Trinajstić information content (AvgIpc) is 2.71. The Balaban J connectivity index is 1.86. The molecule has 0 aromatic carbocycles. The first-order valence-corrected chi connectivity index (χ1v) is 5.04. The van der Waals surface area contributed by atoms with Gasteiger partial charge >= 0.3 is 0 Å². The van der Waals surface area contributed by atoms with E-state index in [0.29, 0.717) is 6.04 Å². The molecule has 1 unspecified atom stereocenters. The minimum Gasteiger partial charge on any atom is -0.374 e. The molecule has 1 fully saturated rings. The van der Waals surface area contributed by atoms with E-state index >= 15 is 0 Å². The van der Waals surface area contributed by atoms with Crippen LogP contribution in [0.3, 0.4) is 0 Å². The van der Waals surface area contributed by atoms with E-state index in [1.54, 1.807) is 6.20 Å². The molecule has 1 aromatic rings. The van der Waals surface area contributed by atoms with Gasteiger partial charge in [-0.3, -0.25) is 5.10 Å². The van der Waals surface area contributed by atoms with E-state index in [4.69, 9.17) is 4.74 Å². The van der Waals surface area contributed by atoms with Gasteiger partial charge in [-0.05, 0) is 26.3 Å². The Morgan fingerprint density at radius 3 is 3.14 bits per heavy atom. The Morgan fingerprint density at radius 1 is 1.71 bits per heavy atom. The summed E-state index contributed by atoms with van der Waals surface area (Å²) in [6.45, 7) is 5.94. The molecule has 0 spiro atoms. The normalized spacial score (nSPS) is 25.4. The molecule has 4 nitrogen and oxygen atoms in total. The lowest BCUT2D eigenvalue weighted by atomic mass is 9.99. The molecule has 0 bridgehead atoms. The quantitative estimate of drug-likeness (QED) is 0.758. The number of hydrogen-bond acceptors (Lipinski definition) is 3. The molecule has 0 amide bonds. The van der Waals surface area contributed by atoms with E-state index in [-0.39, 0.29) is 5.60 Å². The number of rotatable bonds is 3. The van der Waals surface area contributed by atoms with Crippen molar-refractivity contribution >= 4 is 0 Å². The first-order valence-electron chi connectivity index (χ1n) is 5.04. The van der Waals surface area contributed by atoms with Gasteiger partial charge in [0.2, 0.25) is 0 Å². The number of nitrogens with zero attached hydrogens (tertiary/aromatic N) is 1. The lowest BCUT2D eigenvalue weighted by Crippen LogP contribution is -2.42. The van der Waals surface area contributed by atoms with Crippen molar-refractivity contribution in [3.63, 3.8) is 0 Å². The zero-order valence-corrected chi connectivity index (χ0v) is 8.71. The molecule has 1 aromatic heterocycles. The number of aromatic nitrogens is 2. The molecule has 2 heterocycles. The first-order chi connectivity index (χ1) is 6.68. The van der Waals surface area contributed by atoms with Crippen LogP contribution < -0.4 is 5.32 Å².